The Bertz CT molecular complexity index is 170. The summed E-state index contributed by atoms with van der Waals surface area (Å²) in [7, 11) is 0. The van der Waals surface area contributed by atoms with Crippen LogP contribution in [0.5, 0.6) is 0 Å². The number of amides is 1. The van der Waals surface area contributed by atoms with Crippen LogP contribution in [0.15, 0.2) is 0 Å². The lowest BCUT2D eigenvalue weighted by Gasteiger charge is -2.13. The molecule has 1 N–H and O–H groups in total. The molecule has 0 spiro atoms. The second-order valence-electron chi connectivity index (χ2n) is 3.74. The second kappa shape index (κ2) is 4.26. The molecule has 0 saturated heterocycles. The molecule has 12 heavy (non-hydrogen) atoms. The first-order valence-electron chi connectivity index (χ1n) is 4.54. The standard InChI is InChI=1S/C9H16BrNO/c1-6-3-4-8(5-6)11-9(12)7(2)10/h6-8H,3-5H2,1-2H3,(H,11,12). The van der Waals surface area contributed by atoms with Gasteiger partial charge in [-0.15, -0.1) is 0 Å². The average Bonchev–Trinajstić information content (AvgIpc) is 2.35. The van der Waals surface area contributed by atoms with Crippen molar-refractivity contribution in [2.45, 2.75) is 44.0 Å². The molecule has 1 amide bonds. The highest BCUT2D eigenvalue weighted by molar-refractivity contribution is 9.10. The van der Waals surface area contributed by atoms with Gasteiger partial charge in [-0.3, -0.25) is 4.79 Å². The summed E-state index contributed by atoms with van der Waals surface area (Å²) in [6.07, 6.45) is 3.54. The predicted molar refractivity (Wildman–Crippen MR) is 53.3 cm³/mol. The Kier molecular flexibility index (Phi) is 3.56. The number of carbonyl (C=O) groups excluding carboxylic acids is 1. The van der Waals surface area contributed by atoms with Gasteiger partial charge in [0, 0.05) is 6.04 Å². The molecule has 0 aliphatic heterocycles. The highest BCUT2D eigenvalue weighted by Crippen LogP contribution is 2.24. The molecule has 1 rings (SSSR count). The fourth-order valence-corrected chi connectivity index (χ4v) is 1.79. The summed E-state index contributed by atoms with van der Waals surface area (Å²) in [5, 5.41) is 3.02. The minimum atomic E-state index is -0.0617. The molecular formula is C9H16BrNO. The first kappa shape index (κ1) is 10.0. The molecule has 0 aromatic carbocycles. The normalized spacial score (nSPS) is 31.6. The minimum absolute atomic E-state index is 0.0617. The zero-order chi connectivity index (χ0) is 9.14. The molecule has 0 aromatic heterocycles. The number of hydrogen-bond acceptors (Lipinski definition) is 1. The third kappa shape index (κ3) is 2.77. The average molecular weight is 234 g/mol. The van der Waals surface area contributed by atoms with E-state index >= 15 is 0 Å². The topological polar surface area (TPSA) is 29.1 Å². The van der Waals surface area contributed by atoms with E-state index in [1.807, 2.05) is 6.92 Å². The van der Waals surface area contributed by atoms with Crippen molar-refractivity contribution in [3.63, 3.8) is 0 Å². The summed E-state index contributed by atoms with van der Waals surface area (Å²) >= 11 is 3.25. The number of hydrogen-bond donors (Lipinski definition) is 1. The fraction of sp³-hybridized carbons (Fsp3) is 0.889. The van der Waals surface area contributed by atoms with Crippen LogP contribution in [0.25, 0.3) is 0 Å². The van der Waals surface area contributed by atoms with E-state index in [9.17, 15) is 4.79 Å². The molecule has 1 aliphatic rings. The van der Waals surface area contributed by atoms with Gasteiger partial charge in [-0.1, -0.05) is 22.9 Å². The number of nitrogens with one attached hydrogen (secondary N) is 1. The Hall–Kier alpha value is -0.0500. The summed E-state index contributed by atoms with van der Waals surface area (Å²) in [5.41, 5.74) is 0. The zero-order valence-electron chi connectivity index (χ0n) is 7.64. The number of halogens is 1. The Morgan fingerprint density at radius 2 is 2.25 bits per heavy atom. The van der Waals surface area contributed by atoms with Gasteiger partial charge in [-0.25, -0.2) is 0 Å². The Labute approximate surface area is 82.2 Å². The van der Waals surface area contributed by atoms with Gasteiger partial charge in [0.2, 0.25) is 5.91 Å². The number of carbonyl (C=O) groups is 1. The molecule has 1 fully saturated rings. The van der Waals surface area contributed by atoms with Crippen molar-refractivity contribution in [1.29, 1.82) is 0 Å². The Balaban J connectivity index is 2.28. The van der Waals surface area contributed by atoms with Crippen molar-refractivity contribution in [2.75, 3.05) is 0 Å². The minimum Gasteiger partial charge on any atom is -0.352 e. The summed E-state index contributed by atoms with van der Waals surface area (Å²) < 4.78 is 0. The maximum Gasteiger partial charge on any atom is 0.233 e. The van der Waals surface area contributed by atoms with E-state index in [4.69, 9.17) is 0 Å². The third-order valence-corrected chi connectivity index (χ3v) is 2.82. The van der Waals surface area contributed by atoms with Crippen molar-refractivity contribution in [3.05, 3.63) is 0 Å². The predicted octanol–water partition coefficient (Wildman–Crippen LogP) is 2.07. The van der Waals surface area contributed by atoms with E-state index in [0.29, 0.717) is 6.04 Å². The number of alkyl halides is 1. The first-order valence-corrected chi connectivity index (χ1v) is 5.45. The molecule has 2 nitrogen and oxygen atoms in total. The van der Waals surface area contributed by atoms with Crippen LogP contribution in [0.3, 0.4) is 0 Å². The van der Waals surface area contributed by atoms with E-state index in [2.05, 4.69) is 28.2 Å². The van der Waals surface area contributed by atoms with Crippen molar-refractivity contribution in [2.24, 2.45) is 5.92 Å². The maximum atomic E-state index is 11.2. The zero-order valence-corrected chi connectivity index (χ0v) is 9.23. The summed E-state index contributed by atoms with van der Waals surface area (Å²) in [4.78, 5) is 11.2. The van der Waals surface area contributed by atoms with Crippen molar-refractivity contribution in [3.8, 4) is 0 Å². The lowest BCUT2D eigenvalue weighted by atomic mass is 10.1. The molecule has 1 aliphatic carbocycles. The van der Waals surface area contributed by atoms with Crippen LogP contribution in [0.1, 0.15) is 33.1 Å². The van der Waals surface area contributed by atoms with Crippen LogP contribution in [0, 0.1) is 5.92 Å². The maximum absolute atomic E-state index is 11.2. The molecule has 3 atom stereocenters. The highest BCUT2D eigenvalue weighted by Gasteiger charge is 2.23. The molecule has 0 bridgehead atoms. The SMILES string of the molecule is CC1CCC(NC(=O)C(C)Br)C1. The van der Waals surface area contributed by atoms with E-state index in [1.165, 1.54) is 6.42 Å². The molecular weight excluding hydrogens is 218 g/mol. The molecule has 0 radical (unpaired) electrons. The van der Waals surface area contributed by atoms with Crippen LogP contribution in [0.2, 0.25) is 0 Å². The lowest BCUT2D eigenvalue weighted by molar-refractivity contribution is -0.120. The molecule has 1 saturated carbocycles. The monoisotopic (exact) mass is 233 g/mol. The van der Waals surface area contributed by atoms with Gasteiger partial charge >= 0.3 is 0 Å². The fourth-order valence-electron chi connectivity index (χ4n) is 1.65. The van der Waals surface area contributed by atoms with Crippen molar-refractivity contribution in [1.82, 2.24) is 5.32 Å². The van der Waals surface area contributed by atoms with Crippen LogP contribution in [0.4, 0.5) is 0 Å². The molecule has 0 heterocycles. The first-order chi connectivity index (χ1) is 5.59. The van der Waals surface area contributed by atoms with E-state index in [0.717, 1.165) is 18.8 Å². The van der Waals surface area contributed by atoms with Gasteiger partial charge in [0.1, 0.15) is 0 Å². The molecule has 3 heteroatoms. The molecule has 70 valence electrons. The Morgan fingerprint density at radius 3 is 2.67 bits per heavy atom. The third-order valence-electron chi connectivity index (χ3n) is 2.40. The lowest BCUT2D eigenvalue weighted by Crippen LogP contribution is -2.36. The largest absolute Gasteiger partial charge is 0.352 e. The quantitative estimate of drug-likeness (QED) is 0.728. The molecule has 0 aromatic rings. The van der Waals surface area contributed by atoms with Gasteiger partial charge < -0.3 is 5.32 Å². The summed E-state index contributed by atoms with van der Waals surface area (Å²) in [6, 6.07) is 0.424. The van der Waals surface area contributed by atoms with E-state index < -0.39 is 0 Å². The van der Waals surface area contributed by atoms with Crippen LogP contribution in [-0.2, 0) is 4.79 Å². The van der Waals surface area contributed by atoms with Gasteiger partial charge in [0.25, 0.3) is 0 Å². The summed E-state index contributed by atoms with van der Waals surface area (Å²) in [6.45, 7) is 4.09. The van der Waals surface area contributed by atoms with Crippen LogP contribution in [-0.4, -0.2) is 16.8 Å². The molecule has 3 unspecified atom stereocenters. The van der Waals surface area contributed by atoms with Crippen LogP contribution >= 0.6 is 15.9 Å². The van der Waals surface area contributed by atoms with E-state index in [1.54, 1.807) is 0 Å². The second-order valence-corrected chi connectivity index (χ2v) is 5.11. The van der Waals surface area contributed by atoms with Gasteiger partial charge in [-0.05, 0) is 32.1 Å². The number of rotatable bonds is 2. The highest BCUT2D eigenvalue weighted by atomic mass is 79.9. The van der Waals surface area contributed by atoms with Crippen molar-refractivity contribution >= 4 is 21.8 Å². The van der Waals surface area contributed by atoms with Gasteiger partial charge in [-0.2, -0.15) is 0 Å². The van der Waals surface area contributed by atoms with Gasteiger partial charge in [0.05, 0.1) is 4.83 Å². The van der Waals surface area contributed by atoms with Crippen molar-refractivity contribution < 1.29 is 4.79 Å². The van der Waals surface area contributed by atoms with E-state index in [-0.39, 0.29) is 10.7 Å². The van der Waals surface area contributed by atoms with Crippen LogP contribution < -0.4 is 5.32 Å². The van der Waals surface area contributed by atoms with Gasteiger partial charge in [0.15, 0.2) is 0 Å². The smallest absolute Gasteiger partial charge is 0.233 e. The Morgan fingerprint density at radius 1 is 1.58 bits per heavy atom. The summed E-state index contributed by atoms with van der Waals surface area (Å²) in [5.74, 6) is 0.898.